The number of nitrogens with one attached hydrogen (secondary N) is 2. The standard InChI is InChI=1S/C26H29N3O5/c1-3-33-21-12-18-11-16(2)34-22(18)13-19(21)14-27-23(30)15-29-24(31)26(28-25(29)32)10-6-8-17-7-4-5-9-20(17)26/h4-5,7,9,12-13,16H,3,6,8,10-11,14-15H2,1-2H3,(H,27,30)(H,28,32)/t16-,26+/m0/s1. The van der Waals surface area contributed by atoms with Crippen molar-refractivity contribution < 1.29 is 23.9 Å². The van der Waals surface area contributed by atoms with Crippen LogP contribution in [-0.2, 0) is 34.5 Å². The maximum absolute atomic E-state index is 13.4. The first-order chi connectivity index (χ1) is 16.4. The highest BCUT2D eigenvalue weighted by atomic mass is 16.5. The summed E-state index contributed by atoms with van der Waals surface area (Å²) in [5.41, 5.74) is 2.69. The van der Waals surface area contributed by atoms with Gasteiger partial charge in [0.05, 0.1) is 6.61 Å². The molecule has 2 heterocycles. The summed E-state index contributed by atoms with van der Waals surface area (Å²) >= 11 is 0. The average Bonchev–Trinajstić information content (AvgIpc) is 3.29. The second-order valence-electron chi connectivity index (χ2n) is 9.15. The number of hydrogen-bond donors (Lipinski definition) is 2. The van der Waals surface area contributed by atoms with Crippen LogP contribution in [0.15, 0.2) is 36.4 Å². The normalized spacial score (nSPS) is 22.8. The quantitative estimate of drug-likeness (QED) is 0.642. The molecule has 8 heteroatoms. The maximum Gasteiger partial charge on any atom is 0.325 e. The first-order valence-electron chi connectivity index (χ1n) is 11.9. The summed E-state index contributed by atoms with van der Waals surface area (Å²) < 4.78 is 11.6. The predicted octanol–water partition coefficient (Wildman–Crippen LogP) is 2.81. The van der Waals surface area contributed by atoms with E-state index in [0.717, 1.165) is 52.2 Å². The summed E-state index contributed by atoms with van der Waals surface area (Å²) in [5.74, 6) is 0.718. The van der Waals surface area contributed by atoms with Gasteiger partial charge in [0.25, 0.3) is 5.91 Å². The Morgan fingerprint density at radius 2 is 2.09 bits per heavy atom. The summed E-state index contributed by atoms with van der Waals surface area (Å²) in [6.45, 7) is 4.29. The number of aryl methyl sites for hydroxylation is 1. The monoisotopic (exact) mass is 463 g/mol. The summed E-state index contributed by atoms with van der Waals surface area (Å²) in [5, 5.41) is 5.71. The van der Waals surface area contributed by atoms with Crippen molar-refractivity contribution in [2.24, 2.45) is 0 Å². The molecule has 2 N–H and O–H groups in total. The molecule has 3 aliphatic rings. The molecule has 2 aromatic rings. The summed E-state index contributed by atoms with van der Waals surface area (Å²) in [6, 6.07) is 11.0. The lowest BCUT2D eigenvalue weighted by molar-refractivity contribution is -0.135. The van der Waals surface area contributed by atoms with Crippen molar-refractivity contribution in [3.05, 3.63) is 58.7 Å². The van der Waals surface area contributed by atoms with E-state index in [2.05, 4.69) is 10.6 Å². The molecule has 1 saturated heterocycles. The predicted molar refractivity (Wildman–Crippen MR) is 125 cm³/mol. The zero-order chi connectivity index (χ0) is 23.9. The van der Waals surface area contributed by atoms with Crippen LogP contribution < -0.4 is 20.1 Å². The molecule has 2 atom stereocenters. The van der Waals surface area contributed by atoms with E-state index in [1.54, 1.807) is 0 Å². The maximum atomic E-state index is 13.4. The molecule has 1 spiro atoms. The Kier molecular flexibility index (Phi) is 5.67. The minimum absolute atomic E-state index is 0.103. The van der Waals surface area contributed by atoms with Crippen molar-refractivity contribution >= 4 is 17.8 Å². The highest BCUT2D eigenvalue weighted by molar-refractivity contribution is 6.09. The average molecular weight is 464 g/mol. The van der Waals surface area contributed by atoms with Crippen LogP contribution in [0.2, 0.25) is 0 Å². The molecule has 8 nitrogen and oxygen atoms in total. The van der Waals surface area contributed by atoms with Gasteiger partial charge in [-0.3, -0.25) is 14.5 Å². The number of fused-ring (bicyclic) bond motifs is 3. The molecule has 2 aromatic carbocycles. The van der Waals surface area contributed by atoms with Gasteiger partial charge in [-0.05, 0) is 56.4 Å². The minimum atomic E-state index is -1.08. The van der Waals surface area contributed by atoms with Crippen molar-refractivity contribution in [3.8, 4) is 11.5 Å². The summed E-state index contributed by atoms with van der Waals surface area (Å²) in [4.78, 5) is 39.9. The van der Waals surface area contributed by atoms with E-state index in [9.17, 15) is 14.4 Å². The molecule has 0 unspecified atom stereocenters. The lowest BCUT2D eigenvalue weighted by Crippen LogP contribution is -2.47. The number of benzene rings is 2. The van der Waals surface area contributed by atoms with Gasteiger partial charge in [-0.1, -0.05) is 24.3 Å². The van der Waals surface area contributed by atoms with Crippen LogP contribution in [0.3, 0.4) is 0 Å². The Hall–Kier alpha value is -3.55. The van der Waals surface area contributed by atoms with Gasteiger partial charge in [0.15, 0.2) is 0 Å². The molecule has 0 saturated carbocycles. The van der Waals surface area contributed by atoms with Crippen LogP contribution >= 0.6 is 0 Å². The second-order valence-corrected chi connectivity index (χ2v) is 9.15. The van der Waals surface area contributed by atoms with Gasteiger partial charge >= 0.3 is 6.03 Å². The largest absolute Gasteiger partial charge is 0.494 e. The number of nitrogens with zero attached hydrogens (tertiary/aromatic N) is 1. The van der Waals surface area contributed by atoms with Gasteiger partial charge < -0.3 is 20.1 Å². The second kappa shape index (κ2) is 8.66. The van der Waals surface area contributed by atoms with Crippen LogP contribution in [-0.4, -0.2) is 42.0 Å². The molecule has 5 rings (SSSR count). The highest BCUT2D eigenvalue weighted by Crippen LogP contribution is 2.40. The summed E-state index contributed by atoms with van der Waals surface area (Å²) in [7, 11) is 0. The van der Waals surface area contributed by atoms with E-state index in [1.807, 2.05) is 50.2 Å². The Bertz CT molecular complexity index is 1160. The number of imide groups is 1. The van der Waals surface area contributed by atoms with Crippen LogP contribution in [0.25, 0.3) is 0 Å². The third-order valence-electron chi connectivity index (χ3n) is 6.81. The van der Waals surface area contributed by atoms with Gasteiger partial charge in [0.2, 0.25) is 5.91 Å². The van der Waals surface area contributed by atoms with Crippen molar-refractivity contribution in [1.29, 1.82) is 0 Å². The molecule has 0 bridgehead atoms. The topological polar surface area (TPSA) is 97.0 Å². The third-order valence-corrected chi connectivity index (χ3v) is 6.81. The van der Waals surface area contributed by atoms with Crippen LogP contribution in [0.5, 0.6) is 11.5 Å². The van der Waals surface area contributed by atoms with E-state index in [1.165, 1.54) is 0 Å². The number of rotatable bonds is 6. The number of carbonyl (C=O) groups excluding carboxylic acids is 3. The van der Waals surface area contributed by atoms with E-state index >= 15 is 0 Å². The first-order valence-corrected chi connectivity index (χ1v) is 11.9. The lowest BCUT2D eigenvalue weighted by Gasteiger charge is -2.33. The number of carbonyl (C=O) groups is 3. The molecule has 2 aliphatic heterocycles. The van der Waals surface area contributed by atoms with Crippen molar-refractivity contribution in [1.82, 2.24) is 15.5 Å². The van der Waals surface area contributed by atoms with Gasteiger partial charge in [0.1, 0.15) is 29.7 Å². The Balaban J connectivity index is 1.29. The fourth-order valence-electron chi connectivity index (χ4n) is 5.26. The SMILES string of the molecule is CCOc1cc2c(cc1CNC(=O)CN1C(=O)N[C@@]3(CCCc4ccccc43)C1=O)O[C@@H](C)C2. The highest BCUT2D eigenvalue weighted by Gasteiger charge is 2.54. The molecule has 0 aromatic heterocycles. The Labute approximate surface area is 198 Å². The molecular weight excluding hydrogens is 434 g/mol. The van der Waals surface area contributed by atoms with Gasteiger partial charge in [-0.25, -0.2) is 4.79 Å². The van der Waals surface area contributed by atoms with Crippen LogP contribution in [0.4, 0.5) is 4.79 Å². The Morgan fingerprint density at radius 1 is 1.26 bits per heavy atom. The Morgan fingerprint density at radius 3 is 2.91 bits per heavy atom. The van der Waals surface area contributed by atoms with E-state index in [0.29, 0.717) is 18.8 Å². The lowest BCUT2D eigenvalue weighted by atomic mass is 9.76. The van der Waals surface area contributed by atoms with Gasteiger partial charge in [-0.2, -0.15) is 0 Å². The minimum Gasteiger partial charge on any atom is -0.494 e. The molecule has 1 fully saturated rings. The zero-order valence-corrected chi connectivity index (χ0v) is 19.5. The summed E-state index contributed by atoms with van der Waals surface area (Å²) in [6.07, 6.45) is 3.11. The van der Waals surface area contributed by atoms with Crippen LogP contribution in [0.1, 0.15) is 48.9 Å². The smallest absolute Gasteiger partial charge is 0.325 e. The van der Waals surface area contributed by atoms with E-state index < -0.39 is 17.5 Å². The number of amides is 4. The molecule has 0 radical (unpaired) electrons. The molecular formula is C26H29N3O5. The van der Waals surface area contributed by atoms with Crippen molar-refractivity contribution in [2.75, 3.05) is 13.2 Å². The third kappa shape index (κ3) is 3.77. The number of hydrogen-bond acceptors (Lipinski definition) is 5. The fourth-order valence-corrected chi connectivity index (χ4v) is 5.26. The van der Waals surface area contributed by atoms with Crippen molar-refractivity contribution in [3.63, 3.8) is 0 Å². The van der Waals surface area contributed by atoms with E-state index in [-0.39, 0.29) is 25.1 Å². The number of urea groups is 1. The molecule has 178 valence electrons. The van der Waals surface area contributed by atoms with Crippen molar-refractivity contribution in [2.45, 2.75) is 57.7 Å². The molecule has 4 amide bonds. The fraction of sp³-hybridized carbons (Fsp3) is 0.423. The van der Waals surface area contributed by atoms with Gasteiger partial charge in [0, 0.05) is 24.1 Å². The molecule has 1 aliphatic carbocycles. The van der Waals surface area contributed by atoms with Gasteiger partial charge in [-0.15, -0.1) is 0 Å². The molecule has 34 heavy (non-hydrogen) atoms. The first kappa shape index (κ1) is 22.3. The van der Waals surface area contributed by atoms with E-state index in [4.69, 9.17) is 9.47 Å². The van der Waals surface area contributed by atoms with Crippen LogP contribution in [0, 0.1) is 0 Å². The number of ether oxygens (including phenoxy) is 2. The zero-order valence-electron chi connectivity index (χ0n) is 19.5.